The van der Waals surface area contributed by atoms with E-state index in [1.807, 2.05) is 13.2 Å². The summed E-state index contributed by atoms with van der Waals surface area (Å²) >= 11 is 5.89. The van der Waals surface area contributed by atoms with Crippen LogP contribution in [0.1, 0.15) is 15.9 Å². The molecule has 0 aromatic carbocycles. The molecule has 0 saturated heterocycles. The van der Waals surface area contributed by atoms with E-state index in [1.54, 1.807) is 23.1 Å². The van der Waals surface area contributed by atoms with E-state index in [0.29, 0.717) is 17.0 Å². The van der Waals surface area contributed by atoms with E-state index in [2.05, 4.69) is 10.1 Å². The molecule has 0 N–H and O–H groups in total. The first kappa shape index (κ1) is 10.8. The van der Waals surface area contributed by atoms with E-state index in [0.717, 1.165) is 5.56 Å². The minimum absolute atomic E-state index is 0.0274. The molecule has 0 atom stereocenters. The van der Waals surface area contributed by atoms with E-state index in [4.69, 9.17) is 11.6 Å². The minimum atomic E-state index is -0.0274. The Labute approximate surface area is 97.9 Å². The lowest BCUT2D eigenvalue weighted by atomic mass is 10.1. The van der Waals surface area contributed by atoms with Crippen molar-refractivity contribution in [2.24, 2.45) is 7.05 Å². The summed E-state index contributed by atoms with van der Waals surface area (Å²) in [6.07, 6.45) is 6.82. The van der Waals surface area contributed by atoms with Gasteiger partial charge in [-0.1, -0.05) is 11.6 Å². The summed E-state index contributed by atoms with van der Waals surface area (Å²) in [5.74, 6) is -0.0274. The van der Waals surface area contributed by atoms with Gasteiger partial charge in [-0.25, -0.2) is 0 Å². The maximum absolute atomic E-state index is 11.9. The van der Waals surface area contributed by atoms with Crippen molar-refractivity contribution < 1.29 is 4.79 Å². The Morgan fingerprint density at radius 3 is 2.94 bits per heavy atom. The maximum atomic E-state index is 11.9. The summed E-state index contributed by atoms with van der Waals surface area (Å²) < 4.78 is 1.66. The zero-order valence-electron chi connectivity index (χ0n) is 8.72. The third-order valence-electron chi connectivity index (χ3n) is 2.20. The predicted molar refractivity (Wildman–Crippen MR) is 60.5 cm³/mol. The lowest BCUT2D eigenvalue weighted by Crippen LogP contribution is -2.03. The van der Waals surface area contributed by atoms with Crippen molar-refractivity contribution >= 4 is 17.4 Å². The highest BCUT2D eigenvalue weighted by Gasteiger charge is 2.11. The van der Waals surface area contributed by atoms with Crippen LogP contribution in [-0.2, 0) is 13.5 Å². The number of ketones is 1. The molecule has 0 aliphatic heterocycles. The largest absolute Gasteiger partial charge is 0.294 e. The Balaban J connectivity index is 2.18. The van der Waals surface area contributed by atoms with E-state index in [9.17, 15) is 4.79 Å². The molecule has 2 aromatic heterocycles. The van der Waals surface area contributed by atoms with Crippen molar-refractivity contribution in [2.45, 2.75) is 6.42 Å². The molecule has 0 aliphatic rings. The van der Waals surface area contributed by atoms with Crippen LogP contribution in [0, 0.1) is 0 Å². The normalized spacial score (nSPS) is 10.4. The highest BCUT2D eigenvalue weighted by atomic mass is 35.5. The van der Waals surface area contributed by atoms with Gasteiger partial charge in [-0.05, 0) is 11.6 Å². The molecule has 0 aliphatic carbocycles. The first-order chi connectivity index (χ1) is 7.66. The Kier molecular flexibility index (Phi) is 3.01. The fraction of sp³-hybridized carbons (Fsp3) is 0.182. The zero-order chi connectivity index (χ0) is 11.5. The molecule has 0 saturated carbocycles. The molecule has 82 valence electrons. The van der Waals surface area contributed by atoms with Crippen LogP contribution < -0.4 is 0 Å². The number of nitrogens with zero attached hydrogens (tertiary/aromatic N) is 3. The summed E-state index contributed by atoms with van der Waals surface area (Å²) in [5, 5.41) is 4.39. The lowest BCUT2D eigenvalue weighted by molar-refractivity contribution is 0.0993. The number of hydrogen-bond donors (Lipinski definition) is 0. The van der Waals surface area contributed by atoms with E-state index >= 15 is 0 Å². The van der Waals surface area contributed by atoms with Crippen LogP contribution in [-0.4, -0.2) is 20.5 Å². The van der Waals surface area contributed by atoms with Crippen LogP contribution in [0.5, 0.6) is 0 Å². The van der Waals surface area contributed by atoms with Gasteiger partial charge in [-0.3, -0.25) is 14.5 Å². The SMILES string of the molecule is Cn1cc(CC(=O)c2ccncc2Cl)cn1. The number of rotatable bonds is 3. The molecule has 0 radical (unpaired) electrons. The molecule has 2 heterocycles. The van der Waals surface area contributed by atoms with Crippen LogP contribution in [0.2, 0.25) is 5.02 Å². The monoisotopic (exact) mass is 235 g/mol. The average Bonchev–Trinajstić information content (AvgIpc) is 2.64. The highest BCUT2D eigenvalue weighted by molar-refractivity contribution is 6.33. The van der Waals surface area contributed by atoms with Gasteiger partial charge in [0.1, 0.15) is 0 Å². The summed E-state index contributed by atoms with van der Waals surface area (Å²) in [7, 11) is 1.81. The van der Waals surface area contributed by atoms with Gasteiger partial charge in [0.25, 0.3) is 0 Å². The molecule has 0 unspecified atom stereocenters. The Hall–Kier alpha value is -1.68. The molecule has 0 bridgehead atoms. The molecule has 0 spiro atoms. The fourth-order valence-electron chi connectivity index (χ4n) is 1.45. The van der Waals surface area contributed by atoms with Gasteiger partial charge in [0.05, 0.1) is 11.2 Å². The van der Waals surface area contributed by atoms with E-state index in [-0.39, 0.29) is 5.78 Å². The Bertz CT molecular complexity index is 521. The highest BCUT2D eigenvalue weighted by Crippen LogP contribution is 2.15. The zero-order valence-corrected chi connectivity index (χ0v) is 9.48. The van der Waals surface area contributed by atoms with Gasteiger partial charge < -0.3 is 0 Å². The first-order valence-corrected chi connectivity index (χ1v) is 5.15. The molecule has 0 amide bonds. The van der Waals surface area contributed by atoms with Crippen molar-refractivity contribution in [3.63, 3.8) is 0 Å². The molecule has 5 heteroatoms. The van der Waals surface area contributed by atoms with Crippen LogP contribution in [0.3, 0.4) is 0 Å². The summed E-state index contributed by atoms with van der Waals surface area (Å²) in [4.78, 5) is 15.7. The van der Waals surface area contributed by atoms with Crippen LogP contribution in [0.25, 0.3) is 0 Å². The smallest absolute Gasteiger partial charge is 0.168 e. The lowest BCUT2D eigenvalue weighted by Gasteiger charge is -2.00. The molecular weight excluding hydrogens is 226 g/mol. The molecule has 2 rings (SSSR count). The summed E-state index contributed by atoms with van der Waals surface area (Å²) in [6.45, 7) is 0. The fourth-order valence-corrected chi connectivity index (χ4v) is 1.67. The quantitative estimate of drug-likeness (QED) is 0.764. The molecule has 2 aromatic rings. The Morgan fingerprint density at radius 2 is 2.31 bits per heavy atom. The average molecular weight is 236 g/mol. The summed E-state index contributed by atoms with van der Waals surface area (Å²) in [5.41, 5.74) is 1.38. The minimum Gasteiger partial charge on any atom is -0.294 e. The van der Waals surface area contributed by atoms with Crippen LogP contribution in [0.15, 0.2) is 30.9 Å². The maximum Gasteiger partial charge on any atom is 0.168 e. The van der Waals surface area contributed by atoms with Crippen molar-refractivity contribution in [3.8, 4) is 0 Å². The molecule has 16 heavy (non-hydrogen) atoms. The van der Waals surface area contributed by atoms with Gasteiger partial charge in [0.2, 0.25) is 0 Å². The third-order valence-corrected chi connectivity index (χ3v) is 2.50. The summed E-state index contributed by atoms with van der Waals surface area (Å²) in [6, 6.07) is 1.63. The molecular formula is C11H10ClN3O. The van der Waals surface area contributed by atoms with Crippen molar-refractivity contribution in [1.29, 1.82) is 0 Å². The van der Waals surface area contributed by atoms with Gasteiger partial charge >= 0.3 is 0 Å². The second-order valence-corrected chi connectivity index (χ2v) is 3.88. The topological polar surface area (TPSA) is 47.8 Å². The number of hydrogen-bond acceptors (Lipinski definition) is 3. The number of aryl methyl sites for hydroxylation is 1. The van der Waals surface area contributed by atoms with Gasteiger partial charge in [-0.15, -0.1) is 0 Å². The number of pyridine rings is 1. The van der Waals surface area contributed by atoms with Gasteiger partial charge in [0, 0.05) is 37.6 Å². The van der Waals surface area contributed by atoms with Crippen LogP contribution in [0.4, 0.5) is 0 Å². The standard InChI is InChI=1S/C11H10ClN3O/c1-15-7-8(5-14-15)4-11(16)9-2-3-13-6-10(9)12/h2-3,5-7H,4H2,1H3. The van der Waals surface area contributed by atoms with Gasteiger partial charge in [-0.2, -0.15) is 5.10 Å². The predicted octanol–water partition coefficient (Wildman–Crippen LogP) is 1.89. The number of carbonyl (C=O) groups is 1. The number of halogens is 1. The van der Waals surface area contributed by atoms with Crippen LogP contribution >= 0.6 is 11.6 Å². The van der Waals surface area contributed by atoms with E-state index in [1.165, 1.54) is 6.20 Å². The van der Waals surface area contributed by atoms with Crippen molar-refractivity contribution in [2.75, 3.05) is 0 Å². The molecule has 4 nitrogen and oxygen atoms in total. The Morgan fingerprint density at radius 1 is 1.50 bits per heavy atom. The molecule has 0 fully saturated rings. The number of aromatic nitrogens is 3. The van der Waals surface area contributed by atoms with E-state index < -0.39 is 0 Å². The second kappa shape index (κ2) is 4.45. The number of carbonyl (C=O) groups excluding carboxylic acids is 1. The van der Waals surface area contributed by atoms with Crippen molar-refractivity contribution in [1.82, 2.24) is 14.8 Å². The number of Topliss-reactive ketones (excluding diaryl/α,β-unsaturated/α-hetero) is 1. The third kappa shape index (κ3) is 2.28. The second-order valence-electron chi connectivity index (χ2n) is 3.48. The first-order valence-electron chi connectivity index (χ1n) is 4.77. The van der Waals surface area contributed by atoms with Gasteiger partial charge in [0.15, 0.2) is 5.78 Å². The van der Waals surface area contributed by atoms with Crippen molar-refractivity contribution in [3.05, 3.63) is 47.0 Å².